The molecule has 1 aliphatic rings. The van der Waals surface area contributed by atoms with Crippen LogP contribution in [0.1, 0.15) is 17.3 Å². The molecule has 1 amide bonds. The molecule has 17 heavy (non-hydrogen) atoms. The molecule has 1 aliphatic heterocycles. The lowest BCUT2D eigenvalue weighted by atomic mass is 10.1. The van der Waals surface area contributed by atoms with Crippen LogP contribution in [0.25, 0.3) is 0 Å². The molecule has 1 fully saturated rings. The smallest absolute Gasteiger partial charge is 0.256 e. The highest BCUT2D eigenvalue weighted by Crippen LogP contribution is 2.21. The third-order valence-corrected chi connectivity index (χ3v) is 3.37. The number of ether oxygens (including phenoxy) is 1. The van der Waals surface area contributed by atoms with Gasteiger partial charge in [-0.25, -0.2) is 0 Å². The summed E-state index contributed by atoms with van der Waals surface area (Å²) < 4.78 is 6.19. The maximum atomic E-state index is 12.3. The second kappa shape index (κ2) is 5.06. The van der Waals surface area contributed by atoms with Crippen molar-refractivity contribution in [3.8, 4) is 0 Å². The van der Waals surface area contributed by atoms with Crippen LogP contribution in [-0.4, -0.2) is 36.6 Å². The zero-order valence-electron chi connectivity index (χ0n) is 9.65. The second-order valence-corrected chi connectivity index (χ2v) is 5.07. The zero-order valence-corrected chi connectivity index (χ0v) is 11.2. The van der Waals surface area contributed by atoms with Crippen molar-refractivity contribution >= 4 is 27.5 Å². The molecule has 2 rings (SSSR count). The number of hydrogen-bond donors (Lipinski definition) is 1. The zero-order chi connectivity index (χ0) is 12.4. The molecule has 0 bridgehead atoms. The molecule has 0 radical (unpaired) electrons. The van der Waals surface area contributed by atoms with Crippen LogP contribution in [0.3, 0.4) is 0 Å². The Kier molecular flexibility index (Phi) is 3.69. The van der Waals surface area contributed by atoms with E-state index in [9.17, 15) is 4.79 Å². The lowest BCUT2D eigenvalue weighted by molar-refractivity contribution is 0.00365. The Morgan fingerprint density at radius 3 is 3.00 bits per heavy atom. The third kappa shape index (κ3) is 2.61. The summed E-state index contributed by atoms with van der Waals surface area (Å²) in [6.45, 7) is 3.77. The van der Waals surface area contributed by atoms with Gasteiger partial charge in [-0.1, -0.05) is 15.9 Å². The highest BCUT2D eigenvalue weighted by Gasteiger charge is 2.25. The van der Waals surface area contributed by atoms with Crippen LogP contribution in [0.15, 0.2) is 22.7 Å². The van der Waals surface area contributed by atoms with Gasteiger partial charge in [0.2, 0.25) is 0 Å². The van der Waals surface area contributed by atoms with Gasteiger partial charge in [-0.05, 0) is 25.1 Å². The highest BCUT2D eigenvalue weighted by atomic mass is 79.9. The van der Waals surface area contributed by atoms with Gasteiger partial charge in [0.05, 0.1) is 24.8 Å². The lowest BCUT2D eigenvalue weighted by Crippen LogP contribution is -2.47. The van der Waals surface area contributed by atoms with Gasteiger partial charge in [-0.2, -0.15) is 0 Å². The Morgan fingerprint density at radius 2 is 2.35 bits per heavy atom. The average molecular weight is 299 g/mol. The predicted molar refractivity (Wildman–Crippen MR) is 69.9 cm³/mol. The van der Waals surface area contributed by atoms with E-state index >= 15 is 0 Å². The molecule has 4 nitrogen and oxygen atoms in total. The van der Waals surface area contributed by atoms with Gasteiger partial charge in [0.1, 0.15) is 0 Å². The summed E-state index contributed by atoms with van der Waals surface area (Å²) in [4.78, 5) is 14.1. The summed E-state index contributed by atoms with van der Waals surface area (Å²) in [6.07, 6.45) is 0. The Morgan fingerprint density at radius 1 is 1.59 bits per heavy atom. The Labute approximate surface area is 109 Å². The van der Waals surface area contributed by atoms with E-state index < -0.39 is 0 Å². The first kappa shape index (κ1) is 12.4. The van der Waals surface area contributed by atoms with Gasteiger partial charge in [-0.3, -0.25) is 4.79 Å². The summed E-state index contributed by atoms with van der Waals surface area (Å²) in [5, 5.41) is 0. The molecule has 1 saturated heterocycles. The molecular weight excluding hydrogens is 284 g/mol. The summed E-state index contributed by atoms with van der Waals surface area (Å²) in [7, 11) is 0. The monoisotopic (exact) mass is 298 g/mol. The van der Waals surface area contributed by atoms with E-state index in [2.05, 4.69) is 15.9 Å². The van der Waals surface area contributed by atoms with E-state index in [-0.39, 0.29) is 11.9 Å². The minimum absolute atomic E-state index is 0.0224. The predicted octanol–water partition coefficient (Wildman–Crippen LogP) is 1.89. The molecule has 5 heteroatoms. The lowest BCUT2D eigenvalue weighted by Gasteiger charge is -2.33. The number of rotatable bonds is 1. The van der Waals surface area contributed by atoms with Crippen LogP contribution in [0.4, 0.5) is 5.69 Å². The van der Waals surface area contributed by atoms with Crippen molar-refractivity contribution in [3.05, 3.63) is 28.2 Å². The molecular formula is C12H15BrN2O2. The van der Waals surface area contributed by atoms with Crippen LogP contribution in [0, 0.1) is 0 Å². The van der Waals surface area contributed by atoms with Crippen molar-refractivity contribution in [2.75, 3.05) is 25.5 Å². The summed E-state index contributed by atoms with van der Waals surface area (Å²) in [5.41, 5.74) is 6.93. The first-order chi connectivity index (χ1) is 8.09. The number of carbonyl (C=O) groups excluding carboxylic acids is 1. The SMILES string of the molecule is CC1COCCN1C(=O)c1ccc(Br)cc1N. The number of benzene rings is 1. The normalized spacial score (nSPS) is 20.4. The molecule has 1 aromatic carbocycles. The minimum atomic E-state index is -0.0224. The Bertz CT molecular complexity index is 437. The van der Waals surface area contributed by atoms with Gasteiger partial charge in [-0.15, -0.1) is 0 Å². The number of nitrogens with zero attached hydrogens (tertiary/aromatic N) is 1. The first-order valence-corrected chi connectivity index (χ1v) is 6.32. The largest absolute Gasteiger partial charge is 0.398 e. The molecule has 0 aromatic heterocycles. The van der Waals surface area contributed by atoms with Crippen molar-refractivity contribution in [1.29, 1.82) is 0 Å². The fourth-order valence-corrected chi connectivity index (χ4v) is 2.29. The van der Waals surface area contributed by atoms with Crippen molar-refractivity contribution in [3.63, 3.8) is 0 Å². The summed E-state index contributed by atoms with van der Waals surface area (Å²) in [5.74, 6) is -0.0224. The molecule has 92 valence electrons. The van der Waals surface area contributed by atoms with Gasteiger partial charge < -0.3 is 15.4 Å². The van der Waals surface area contributed by atoms with Crippen LogP contribution in [0.5, 0.6) is 0 Å². The number of anilines is 1. The number of halogens is 1. The molecule has 0 spiro atoms. The number of carbonyl (C=O) groups is 1. The third-order valence-electron chi connectivity index (χ3n) is 2.87. The number of morpholine rings is 1. The van der Waals surface area contributed by atoms with Crippen molar-refractivity contribution in [2.45, 2.75) is 13.0 Å². The van der Waals surface area contributed by atoms with Crippen LogP contribution >= 0.6 is 15.9 Å². The van der Waals surface area contributed by atoms with Gasteiger partial charge in [0, 0.05) is 16.7 Å². The maximum Gasteiger partial charge on any atom is 0.256 e. The van der Waals surface area contributed by atoms with Gasteiger partial charge in [0.25, 0.3) is 5.91 Å². The quantitative estimate of drug-likeness (QED) is 0.806. The van der Waals surface area contributed by atoms with E-state index in [4.69, 9.17) is 10.5 Å². The topological polar surface area (TPSA) is 55.6 Å². The van der Waals surface area contributed by atoms with Crippen molar-refractivity contribution in [2.24, 2.45) is 0 Å². The van der Waals surface area contributed by atoms with Crippen molar-refractivity contribution in [1.82, 2.24) is 4.90 Å². The molecule has 1 aromatic rings. The van der Waals surface area contributed by atoms with Gasteiger partial charge >= 0.3 is 0 Å². The van der Waals surface area contributed by atoms with Crippen LogP contribution in [0.2, 0.25) is 0 Å². The number of hydrogen-bond acceptors (Lipinski definition) is 3. The van der Waals surface area contributed by atoms with E-state index in [1.54, 1.807) is 12.1 Å². The number of nitrogen functional groups attached to an aromatic ring is 1. The summed E-state index contributed by atoms with van der Waals surface area (Å²) >= 11 is 3.33. The molecule has 0 aliphatic carbocycles. The molecule has 1 atom stereocenters. The molecule has 2 N–H and O–H groups in total. The number of amides is 1. The Balaban J connectivity index is 2.24. The van der Waals surface area contributed by atoms with Crippen molar-refractivity contribution < 1.29 is 9.53 Å². The van der Waals surface area contributed by atoms with Crippen LogP contribution in [-0.2, 0) is 4.74 Å². The highest BCUT2D eigenvalue weighted by molar-refractivity contribution is 9.10. The van der Waals surface area contributed by atoms with Gasteiger partial charge in [0.15, 0.2) is 0 Å². The van der Waals surface area contributed by atoms with E-state index in [1.165, 1.54) is 0 Å². The van der Waals surface area contributed by atoms with Crippen LogP contribution < -0.4 is 5.73 Å². The number of nitrogens with two attached hydrogens (primary N) is 1. The molecule has 1 heterocycles. The van der Waals surface area contributed by atoms with E-state index in [0.29, 0.717) is 31.0 Å². The second-order valence-electron chi connectivity index (χ2n) is 4.15. The minimum Gasteiger partial charge on any atom is -0.398 e. The van der Waals surface area contributed by atoms with E-state index in [0.717, 1.165) is 4.47 Å². The maximum absolute atomic E-state index is 12.3. The molecule has 0 saturated carbocycles. The summed E-state index contributed by atoms with van der Waals surface area (Å²) in [6, 6.07) is 5.43. The fraction of sp³-hybridized carbons (Fsp3) is 0.417. The van der Waals surface area contributed by atoms with E-state index in [1.807, 2.05) is 17.9 Å². The standard InChI is InChI=1S/C12H15BrN2O2/c1-8-7-17-5-4-15(8)12(16)10-3-2-9(13)6-11(10)14/h2-3,6,8H,4-5,7,14H2,1H3. The fourth-order valence-electron chi connectivity index (χ4n) is 1.91. The molecule has 1 unspecified atom stereocenters. The Hall–Kier alpha value is -1.07. The first-order valence-electron chi connectivity index (χ1n) is 5.53. The average Bonchev–Trinajstić information content (AvgIpc) is 2.29.